The summed E-state index contributed by atoms with van der Waals surface area (Å²) in [6.45, 7) is 8.01. The monoisotopic (exact) mass is 456 g/mol. The molecule has 2 aromatic heterocycles. The van der Waals surface area contributed by atoms with Gasteiger partial charge in [-0.15, -0.1) is 0 Å². The summed E-state index contributed by atoms with van der Waals surface area (Å²) >= 11 is 0. The van der Waals surface area contributed by atoms with Crippen LogP contribution in [0.3, 0.4) is 0 Å². The third-order valence-corrected chi connectivity index (χ3v) is 7.10. The lowest BCUT2D eigenvalue weighted by atomic mass is 9.92. The van der Waals surface area contributed by atoms with E-state index < -0.39 is 10.0 Å². The minimum Gasteiger partial charge on any atom is -0.387 e. The molecular formula is C22H28N6O3S. The van der Waals surface area contributed by atoms with E-state index in [0.717, 1.165) is 18.9 Å². The summed E-state index contributed by atoms with van der Waals surface area (Å²) in [7, 11) is -2.35. The number of hydrogen-bond donors (Lipinski definition) is 3. The molecule has 32 heavy (non-hydrogen) atoms. The van der Waals surface area contributed by atoms with Crippen molar-refractivity contribution in [3.8, 4) is 0 Å². The molecule has 10 heteroatoms. The number of rotatable bonds is 5. The fourth-order valence-electron chi connectivity index (χ4n) is 4.39. The summed E-state index contributed by atoms with van der Waals surface area (Å²) in [6, 6.07) is 6.44. The number of fused-ring (bicyclic) bond motifs is 1. The molecule has 1 aliphatic heterocycles. The molecule has 3 aromatic rings. The Balaban J connectivity index is 1.63. The lowest BCUT2D eigenvalue weighted by Gasteiger charge is -2.35. The van der Waals surface area contributed by atoms with Crippen molar-refractivity contribution in [2.45, 2.75) is 32.1 Å². The Morgan fingerprint density at radius 1 is 1.16 bits per heavy atom. The van der Waals surface area contributed by atoms with E-state index in [0.29, 0.717) is 34.6 Å². The third-order valence-electron chi connectivity index (χ3n) is 5.68. The number of H-pyrrole nitrogens is 1. The molecule has 0 amide bonds. The molecule has 0 aliphatic carbocycles. The molecule has 0 spiro atoms. The molecule has 1 saturated heterocycles. The van der Waals surface area contributed by atoms with Crippen molar-refractivity contribution >= 4 is 38.1 Å². The highest BCUT2D eigenvalue weighted by atomic mass is 32.2. The maximum Gasteiger partial charge on any atom is 0.264 e. The number of nitrogens with zero attached hydrogens (tertiary/aromatic N) is 3. The van der Waals surface area contributed by atoms with Crippen molar-refractivity contribution in [1.82, 2.24) is 15.0 Å². The van der Waals surface area contributed by atoms with E-state index in [-0.39, 0.29) is 15.8 Å². The van der Waals surface area contributed by atoms with Gasteiger partial charge in [0.15, 0.2) is 0 Å². The van der Waals surface area contributed by atoms with Crippen molar-refractivity contribution in [2.75, 3.05) is 35.1 Å². The van der Waals surface area contributed by atoms with E-state index >= 15 is 0 Å². The quantitative estimate of drug-likeness (QED) is 0.540. The summed E-state index contributed by atoms with van der Waals surface area (Å²) in [6.07, 6.45) is 2.72. The van der Waals surface area contributed by atoms with Gasteiger partial charge in [0.25, 0.3) is 15.6 Å². The molecular weight excluding hydrogens is 428 g/mol. The van der Waals surface area contributed by atoms with E-state index in [4.69, 9.17) is 0 Å². The molecule has 1 aliphatic rings. The van der Waals surface area contributed by atoms with Crippen molar-refractivity contribution in [3.63, 3.8) is 0 Å². The topological polar surface area (TPSA) is 120 Å². The van der Waals surface area contributed by atoms with Crippen LogP contribution in [0.2, 0.25) is 0 Å². The first-order valence-electron chi connectivity index (χ1n) is 10.6. The van der Waals surface area contributed by atoms with Gasteiger partial charge >= 0.3 is 0 Å². The number of aromatic nitrogens is 3. The predicted octanol–water partition coefficient (Wildman–Crippen LogP) is 2.95. The summed E-state index contributed by atoms with van der Waals surface area (Å²) in [5.74, 6) is 2.48. The lowest BCUT2D eigenvalue weighted by Crippen LogP contribution is -2.39. The maximum absolute atomic E-state index is 13.2. The molecule has 0 radical (unpaired) electrons. The first kappa shape index (κ1) is 22.1. The van der Waals surface area contributed by atoms with Gasteiger partial charge in [0.1, 0.15) is 16.5 Å². The Morgan fingerprint density at radius 3 is 2.50 bits per heavy atom. The van der Waals surface area contributed by atoms with Gasteiger partial charge in [-0.3, -0.25) is 9.52 Å². The van der Waals surface area contributed by atoms with Crippen LogP contribution in [0.4, 0.5) is 17.2 Å². The van der Waals surface area contributed by atoms with E-state index in [1.54, 1.807) is 26.1 Å². The second-order valence-electron chi connectivity index (χ2n) is 8.63. The normalized spacial score (nSPS) is 19.2. The molecule has 0 saturated carbocycles. The molecule has 0 bridgehead atoms. The number of anilines is 3. The SMILES string of the molecule is CNc1cc2nc(C)[nH]c(=O)c2cc1S(=O)(=O)Nc1ccc(N2C[C@H](C)C[C@@H](C)C2)nc1. The van der Waals surface area contributed by atoms with Crippen LogP contribution >= 0.6 is 0 Å². The molecule has 2 atom stereocenters. The van der Waals surface area contributed by atoms with E-state index in [9.17, 15) is 13.2 Å². The second kappa shape index (κ2) is 8.42. The zero-order chi connectivity index (χ0) is 23.0. The molecule has 4 rings (SSSR count). The van der Waals surface area contributed by atoms with Gasteiger partial charge in [-0.25, -0.2) is 18.4 Å². The number of piperidine rings is 1. The summed E-state index contributed by atoms with van der Waals surface area (Å²) in [5.41, 5.74) is 0.737. The summed E-state index contributed by atoms with van der Waals surface area (Å²) < 4.78 is 28.9. The van der Waals surface area contributed by atoms with Crippen molar-refractivity contribution in [3.05, 3.63) is 46.6 Å². The summed E-state index contributed by atoms with van der Waals surface area (Å²) in [4.78, 5) is 25.9. The fourth-order valence-corrected chi connectivity index (χ4v) is 5.66. The van der Waals surface area contributed by atoms with Crippen LogP contribution in [0.25, 0.3) is 10.9 Å². The van der Waals surface area contributed by atoms with E-state index in [1.807, 2.05) is 6.07 Å². The molecule has 170 valence electrons. The maximum atomic E-state index is 13.2. The largest absolute Gasteiger partial charge is 0.387 e. The number of sulfonamides is 1. The second-order valence-corrected chi connectivity index (χ2v) is 10.3. The van der Waals surface area contributed by atoms with Crippen LogP contribution in [-0.2, 0) is 10.0 Å². The Hall–Kier alpha value is -3.14. The number of nitrogens with one attached hydrogen (secondary N) is 3. The standard InChI is InChI=1S/C22H28N6O3S/c1-13-7-14(2)12-28(11-13)21-6-5-16(10-24-21)27-32(30,31)20-8-17-18(9-19(20)23-4)25-15(3)26-22(17)29/h5-6,8-10,13-14,23,27H,7,11-12H2,1-4H3,(H,25,26,29)/t13-,14-/m1/s1. The van der Waals surface area contributed by atoms with Gasteiger partial charge in [-0.1, -0.05) is 13.8 Å². The Morgan fingerprint density at radius 2 is 1.88 bits per heavy atom. The average molecular weight is 457 g/mol. The number of aryl methyl sites for hydroxylation is 1. The molecule has 1 aromatic carbocycles. The van der Waals surface area contributed by atoms with Crippen LogP contribution in [0, 0.1) is 18.8 Å². The van der Waals surface area contributed by atoms with Crippen LogP contribution in [0.1, 0.15) is 26.1 Å². The smallest absolute Gasteiger partial charge is 0.264 e. The molecule has 3 heterocycles. The van der Waals surface area contributed by atoms with Crippen molar-refractivity contribution in [2.24, 2.45) is 11.8 Å². The molecule has 3 N–H and O–H groups in total. The number of hydrogen-bond acceptors (Lipinski definition) is 7. The van der Waals surface area contributed by atoms with Crippen LogP contribution in [0.15, 0.2) is 40.2 Å². The number of aromatic amines is 1. The average Bonchev–Trinajstić information content (AvgIpc) is 2.72. The third kappa shape index (κ3) is 4.40. The van der Waals surface area contributed by atoms with E-state index in [1.165, 1.54) is 18.7 Å². The lowest BCUT2D eigenvalue weighted by molar-refractivity contribution is 0.355. The minimum atomic E-state index is -3.98. The number of benzene rings is 1. The zero-order valence-corrected chi connectivity index (χ0v) is 19.5. The Labute approximate surface area is 187 Å². The summed E-state index contributed by atoms with van der Waals surface area (Å²) in [5, 5.41) is 3.09. The molecule has 9 nitrogen and oxygen atoms in total. The molecule has 0 unspecified atom stereocenters. The minimum absolute atomic E-state index is 0.0357. The Kier molecular flexibility index (Phi) is 5.81. The highest BCUT2D eigenvalue weighted by molar-refractivity contribution is 7.92. The molecule has 1 fully saturated rings. The van der Waals surface area contributed by atoms with Gasteiger partial charge in [0.05, 0.1) is 28.5 Å². The van der Waals surface area contributed by atoms with Crippen LogP contribution in [0.5, 0.6) is 0 Å². The van der Waals surface area contributed by atoms with Gasteiger partial charge < -0.3 is 15.2 Å². The zero-order valence-electron chi connectivity index (χ0n) is 18.6. The van der Waals surface area contributed by atoms with Crippen LogP contribution < -0.4 is 20.5 Å². The van der Waals surface area contributed by atoms with Gasteiger partial charge in [0, 0.05) is 20.1 Å². The van der Waals surface area contributed by atoms with Crippen molar-refractivity contribution < 1.29 is 8.42 Å². The first-order chi connectivity index (χ1) is 15.2. The van der Waals surface area contributed by atoms with Gasteiger partial charge in [0.2, 0.25) is 0 Å². The first-order valence-corrected chi connectivity index (χ1v) is 12.1. The van der Waals surface area contributed by atoms with Gasteiger partial charge in [-0.2, -0.15) is 0 Å². The van der Waals surface area contributed by atoms with E-state index in [2.05, 4.69) is 43.7 Å². The van der Waals surface area contributed by atoms with Crippen molar-refractivity contribution in [1.29, 1.82) is 0 Å². The van der Waals surface area contributed by atoms with Gasteiger partial charge in [-0.05, 0) is 49.4 Å². The highest BCUT2D eigenvalue weighted by Crippen LogP contribution is 2.29. The predicted molar refractivity (Wildman–Crippen MR) is 127 cm³/mol. The highest BCUT2D eigenvalue weighted by Gasteiger charge is 2.24. The van der Waals surface area contributed by atoms with Crippen LogP contribution in [-0.4, -0.2) is 43.5 Å². The number of pyridine rings is 1. The Bertz CT molecular complexity index is 1290. The fraction of sp³-hybridized carbons (Fsp3) is 0.409.